The minimum absolute atomic E-state index is 0.0911. The molecule has 4 N–H and O–H groups in total. The van der Waals surface area contributed by atoms with Gasteiger partial charge in [-0.05, 0) is 54.6 Å². The van der Waals surface area contributed by atoms with E-state index in [9.17, 15) is 14.4 Å². The van der Waals surface area contributed by atoms with Crippen molar-refractivity contribution in [2.24, 2.45) is 0 Å². The van der Waals surface area contributed by atoms with E-state index in [0.29, 0.717) is 16.9 Å². The molecule has 2 heterocycles. The molecule has 0 atom stereocenters. The van der Waals surface area contributed by atoms with Gasteiger partial charge in [0.2, 0.25) is 5.91 Å². The Balaban J connectivity index is 1.32. The first-order valence-electron chi connectivity index (χ1n) is 12.4. The number of hydrogen-bond donors (Lipinski definition) is 4. The van der Waals surface area contributed by atoms with Gasteiger partial charge in [-0.2, -0.15) is 0 Å². The highest BCUT2D eigenvalue weighted by Gasteiger charge is 2.16. The van der Waals surface area contributed by atoms with Crippen molar-refractivity contribution in [3.05, 3.63) is 126 Å². The highest BCUT2D eigenvalue weighted by Crippen LogP contribution is 2.24. The molecule has 0 aliphatic carbocycles. The van der Waals surface area contributed by atoms with Gasteiger partial charge in [-0.1, -0.05) is 42.5 Å². The van der Waals surface area contributed by atoms with Crippen molar-refractivity contribution in [1.82, 2.24) is 15.3 Å². The average Bonchev–Trinajstić information content (AvgIpc) is 3.39. The van der Waals surface area contributed by atoms with Crippen molar-refractivity contribution in [2.75, 3.05) is 16.4 Å². The lowest BCUT2D eigenvalue weighted by molar-refractivity contribution is -0.114. The van der Waals surface area contributed by atoms with E-state index in [1.165, 1.54) is 11.8 Å². The van der Waals surface area contributed by atoms with E-state index in [2.05, 4.69) is 25.9 Å². The van der Waals surface area contributed by atoms with Crippen molar-refractivity contribution >= 4 is 57.8 Å². The number of rotatable bonds is 9. The molecule has 0 aliphatic heterocycles. The van der Waals surface area contributed by atoms with Crippen LogP contribution in [-0.4, -0.2) is 33.4 Å². The second-order valence-corrected chi connectivity index (χ2v) is 9.77. The average molecular weight is 548 g/mol. The quantitative estimate of drug-likeness (QED) is 0.140. The van der Waals surface area contributed by atoms with Crippen molar-refractivity contribution in [2.45, 2.75) is 4.90 Å². The number of hydrogen-bond acceptors (Lipinski definition) is 5. The number of fused-ring (bicyclic) bond motifs is 1. The van der Waals surface area contributed by atoms with Gasteiger partial charge in [0, 0.05) is 56.9 Å². The molecular formula is C31H25N5O3S. The van der Waals surface area contributed by atoms with Crippen LogP contribution in [0.3, 0.4) is 0 Å². The smallest absolute Gasteiger partial charge is 0.272 e. The third-order valence-electron chi connectivity index (χ3n) is 5.88. The Morgan fingerprint density at radius 1 is 0.825 bits per heavy atom. The van der Waals surface area contributed by atoms with Crippen LogP contribution >= 0.6 is 11.8 Å². The van der Waals surface area contributed by atoms with E-state index >= 15 is 0 Å². The number of nitrogens with one attached hydrogen (secondary N) is 4. The molecule has 40 heavy (non-hydrogen) atoms. The molecule has 0 unspecified atom stereocenters. The van der Waals surface area contributed by atoms with Crippen molar-refractivity contribution in [1.29, 1.82) is 0 Å². The number of aromatic amines is 1. The van der Waals surface area contributed by atoms with Crippen LogP contribution in [0.15, 0.2) is 120 Å². The van der Waals surface area contributed by atoms with E-state index in [4.69, 9.17) is 0 Å². The lowest BCUT2D eigenvalue weighted by Gasteiger charge is -2.12. The monoisotopic (exact) mass is 547 g/mol. The van der Waals surface area contributed by atoms with Crippen LogP contribution in [-0.2, 0) is 9.59 Å². The molecule has 8 nitrogen and oxygen atoms in total. The summed E-state index contributed by atoms with van der Waals surface area (Å²) >= 11 is 1.34. The molecule has 0 radical (unpaired) electrons. The standard InChI is InChI=1S/C31H25N5O3S/c37-29(34-23-13-15-32-16-14-23)20-40-25-10-6-9-24(18-25)35-31(39)28(36-30(38)21-7-2-1-3-8-21)17-22-19-33-27-12-5-4-11-26(22)27/h1-19,33H,20H2,(H,35,39)(H,36,38)(H,32,34,37)/b28-17-. The number of thioether (sulfide) groups is 1. The third kappa shape index (κ3) is 6.83. The molecule has 3 aromatic carbocycles. The molecule has 0 saturated heterocycles. The van der Waals surface area contributed by atoms with Crippen molar-refractivity contribution in [3.8, 4) is 0 Å². The van der Waals surface area contributed by atoms with E-state index in [-0.39, 0.29) is 17.4 Å². The summed E-state index contributed by atoms with van der Waals surface area (Å²) in [6, 6.07) is 27.1. The number of nitrogens with zero attached hydrogens (tertiary/aromatic N) is 1. The van der Waals surface area contributed by atoms with Gasteiger partial charge in [-0.15, -0.1) is 11.8 Å². The van der Waals surface area contributed by atoms with E-state index in [1.54, 1.807) is 79.3 Å². The summed E-state index contributed by atoms with van der Waals surface area (Å²) in [6.45, 7) is 0. The second-order valence-electron chi connectivity index (χ2n) is 8.72. The minimum atomic E-state index is -0.479. The fraction of sp³-hybridized carbons (Fsp3) is 0.0323. The maximum atomic E-state index is 13.4. The number of carbonyl (C=O) groups is 3. The molecule has 5 rings (SSSR count). The van der Waals surface area contributed by atoms with Gasteiger partial charge >= 0.3 is 0 Å². The second kappa shape index (κ2) is 12.6. The molecule has 0 fully saturated rings. The molecule has 0 aliphatic rings. The summed E-state index contributed by atoms with van der Waals surface area (Å²) < 4.78 is 0. The largest absolute Gasteiger partial charge is 0.361 e. The lowest BCUT2D eigenvalue weighted by atomic mass is 10.1. The van der Waals surface area contributed by atoms with Gasteiger partial charge in [0.25, 0.3) is 11.8 Å². The van der Waals surface area contributed by atoms with Crippen LogP contribution < -0.4 is 16.0 Å². The molecule has 5 aromatic rings. The Kier molecular flexibility index (Phi) is 8.33. The van der Waals surface area contributed by atoms with Gasteiger partial charge in [-0.25, -0.2) is 0 Å². The molecule has 2 aromatic heterocycles. The molecule has 198 valence electrons. The summed E-state index contributed by atoms with van der Waals surface area (Å²) in [7, 11) is 0. The summed E-state index contributed by atoms with van der Waals surface area (Å²) in [6.07, 6.45) is 6.66. The molecular weight excluding hydrogens is 522 g/mol. The number of pyridine rings is 1. The first kappa shape index (κ1) is 26.5. The minimum Gasteiger partial charge on any atom is -0.361 e. The van der Waals surface area contributed by atoms with Gasteiger partial charge < -0.3 is 20.9 Å². The van der Waals surface area contributed by atoms with E-state index in [1.807, 2.05) is 36.4 Å². The zero-order valence-electron chi connectivity index (χ0n) is 21.3. The van der Waals surface area contributed by atoms with Crippen LogP contribution in [0, 0.1) is 0 Å². The number of carbonyl (C=O) groups excluding carboxylic acids is 3. The zero-order chi connectivity index (χ0) is 27.7. The predicted octanol–water partition coefficient (Wildman–Crippen LogP) is 5.70. The first-order valence-corrected chi connectivity index (χ1v) is 13.4. The number of benzene rings is 3. The summed E-state index contributed by atoms with van der Waals surface area (Å²) in [4.78, 5) is 46.7. The maximum absolute atomic E-state index is 13.4. The summed E-state index contributed by atoms with van der Waals surface area (Å²) in [5.74, 6) is -0.838. The lowest BCUT2D eigenvalue weighted by Crippen LogP contribution is -2.30. The van der Waals surface area contributed by atoms with E-state index < -0.39 is 11.8 Å². The fourth-order valence-corrected chi connectivity index (χ4v) is 4.71. The Bertz CT molecular complexity index is 1680. The number of para-hydroxylation sites is 1. The number of H-pyrrole nitrogens is 1. The first-order chi connectivity index (χ1) is 19.5. The van der Waals surface area contributed by atoms with Gasteiger partial charge in [-0.3, -0.25) is 19.4 Å². The highest BCUT2D eigenvalue weighted by atomic mass is 32.2. The van der Waals surface area contributed by atoms with Crippen molar-refractivity contribution in [3.63, 3.8) is 0 Å². The Morgan fingerprint density at radius 2 is 1.60 bits per heavy atom. The van der Waals surface area contributed by atoms with Crippen molar-refractivity contribution < 1.29 is 14.4 Å². The number of anilines is 2. The van der Waals surface area contributed by atoms with Crippen LogP contribution in [0.1, 0.15) is 15.9 Å². The summed E-state index contributed by atoms with van der Waals surface area (Å²) in [5, 5.41) is 9.38. The SMILES string of the molecule is O=C(CSc1cccc(NC(=O)/C(=C/c2c[nH]c3ccccc23)NC(=O)c2ccccc2)c1)Nc1ccncc1. The molecule has 0 saturated carbocycles. The molecule has 3 amide bonds. The number of amides is 3. The van der Waals surface area contributed by atoms with Crippen LogP contribution in [0.4, 0.5) is 11.4 Å². The normalized spacial score (nSPS) is 11.2. The number of aromatic nitrogens is 2. The van der Waals surface area contributed by atoms with Crippen LogP contribution in [0.2, 0.25) is 0 Å². The van der Waals surface area contributed by atoms with E-state index in [0.717, 1.165) is 21.4 Å². The van der Waals surface area contributed by atoms with Gasteiger partial charge in [0.05, 0.1) is 5.75 Å². The Morgan fingerprint density at radius 3 is 2.42 bits per heavy atom. The molecule has 9 heteroatoms. The fourth-order valence-electron chi connectivity index (χ4n) is 3.95. The van der Waals surface area contributed by atoms with Gasteiger partial charge in [0.15, 0.2) is 0 Å². The third-order valence-corrected chi connectivity index (χ3v) is 6.87. The van der Waals surface area contributed by atoms with Gasteiger partial charge in [0.1, 0.15) is 5.70 Å². The topological polar surface area (TPSA) is 116 Å². The Hall–Kier alpha value is -5.15. The highest BCUT2D eigenvalue weighted by molar-refractivity contribution is 8.00. The predicted molar refractivity (Wildman–Crippen MR) is 159 cm³/mol. The zero-order valence-corrected chi connectivity index (χ0v) is 22.1. The molecule has 0 spiro atoms. The summed E-state index contributed by atoms with van der Waals surface area (Å²) in [5.41, 5.74) is 3.41. The van der Waals surface area contributed by atoms with Crippen LogP contribution in [0.25, 0.3) is 17.0 Å². The van der Waals surface area contributed by atoms with Crippen LogP contribution in [0.5, 0.6) is 0 Å². The molecule has 0 bridgehead atoms. The Labute approximate surface area is 234 Å². The maximum Gasteiger partial charge on any atom is 0.272 e.